The lowest BCUT2D eigenvalue weighted by Crippen LogP contribution is -2.35. The van der Waals surface area contributed by atoms with Gasteiger partial charge in [0, 0.05) is 18.3 Å². The Kier molecular flexibility index (Phi) is 6.91. The van der Waals surface area contributed by atoms with Crippen molar-refractivity contribution in [2.45, 2.75) is 52.4 Å². The largest absolute Gasteiger partial charge is 0.390 e. The minimum Gasteiger partial charge on any atom is -0.390 e. The van der Waals surface area contributed by atoms with Crippen LogP contribution in [0.1, 0.15) is 38.3 Å². The van der Waals surface area contributed by atoms with Crippen molar-refractivity contribution >= 4 is 5.78 Å². The number of Topliss-reactive ketones (excluding diaryl/α,β-unsaturated/α-hetero) is 1. The molecule has 0 aliphatic heterocycles. The third kappa shape index (κ3) is 6.45. The zero-order valence-corrected chi connectivity index (χ0v) is 15.3. The molecule has 0 saturated carbocycles. The number of aliphatic hydroxyl groups excluding tert-OH is 1. The highest BCUT2D eigenvalue weighted by Crippen LogP contribution is 2.21. The summed E-state index contributed by atoms with van der Waals surface area (Å²) in [6.07, 6.45) is -0.563. The number of carbonyl (C=O) groups excluding carboxylic acids is 1. The predicted octanol–water partition coefficient (Wildman–Crippen LogP) is 4.18. The van der Waals surface area contributed by atoms with Gasteiger partial charge in [0.25, 0.3) is 0 Å². The maximum Gasteiger partial charge on any atom is 0.140 e. The molecule has 134 valence electrons. The first-order chi connectivity index (χ1) is 11.9. The number of benzene rings is 2. The number of hydrogen-bond donors (Lipinski definition) is 1. The van der Waals surface area contributed by atoms with E-state index in [0.29, 0.717) is 13.0 Å². The standard InChI is InChI=1S/C22H28O3/c1-22(2,3)21(24)15-19(23)20(14-17-10-6-4-7-11-17)25-16-18-12-8-5-9-13-18/h4-13,19-20,23H,14-16H2,1-3H3/t19-,20+/m0/s1. The molecule has 0 unspecified atom stereocenters. The van der Waals surface area contributed by atoms with Crippen molar-refractivity contribution in [1.29, 1.82) is 0 Å². The third-order valence-corrected chi connectivity index (χ3v) is 4.25. The summed E-state index contributed by atoms with van der Waals surface area (Å²) in [6, 6.07) is 19.8. The van der Waals surface area contributed by atoms with E-state index in [2.05, 4.69) is 0 Å². The molecule has 0 saturated heterocycles. The number of ether oxygens (including phenoxy) is 1. The van der Waals surface area contributed by atoms with Crippen LogP contribution in [0.3, 0.4) is 0 Å². The summed E-state index contributed by atoms with van der Waals surface area (Å²) in [4.78, 5) is 12.3. The van der Waals surface area contributed by atoms with Gasteiger partial charge in [-0.25, -0.2) is 0 Å². The highest BCUT2D eigenvalue weighted by Gasteiger charge is 2.28. The lowest BCUT2D eigenvalue weighted by atomic mass is 9.86. The van der Waals surface area contributed by atoms with Crippen molar-refractivity contribution in [3.05, 3.63) is 71.8 Å². The lowest BCUT2D eigenvalue weighted by Gasteiger charge is -2.26. The van der Waals surface area contributed by atoms with Crippen LogP contribution in [0.4, 0.5) is 0 Å². The van der Waals surface area contributed by atoms with Crippen LogP contribution in [0.15, 0.2) is 60.7 Å². The highest BCUT2D eigenvalue weighted by molar-refractivity contribution is 5.84. The fourth-order valence-corrected chi connectivity index (χ4v) is 2.56. The van der Waals surface area contributed by atoms with Gasteiger partial charge in [-0.05, 0) is 11.1 Å². The van der Waals surface area contributed by atoms with Crippen LogP contribution in [0, 0.1) is 5.41 Å². The van der Waals surface area contributed by atoms with Gasteiger partial charge >= 0.3 is 0 Å². The van der Waals surface area contributed by atoms with E-state index >= 15 is 0 Å². The molecule has 1 N–H and O–H groups in total. The third-order valence-electron chi connectivity index (χ3n) is 4.25. The van der Waals surface area contributed by atoms with Crippen molar-refractivity contribution in [3.8, 4) is 0 Å². The summed E-state index contributed by atoms with van der Waals surface area (Å²) < 4.78 is 6.01. The molecule has 0 radical (unpaired) electrons. The average molecular weight is 340 g/mol. The lowest BCUT2D eigenvalue weighted by molar-refractivity contribution is -0.131. The Hall–Kier alpha value is -1.97. The summed E-state index contributed by atoms with van der Waals surface area (Å²) >= 11 is 0. The molecule has 0 amide bonds. The number of rotatable bonds is 8. The molecule has 0 heterocycles. The summed E-state index contributed by atoms with van der Waals surface area (Å²) in [5, 5.41) is 10.6. The predicted molar refractivity (Wildman–Crippen MR) is 100 cm³/mol. The van der Waals surface area contributed by atoms with Gasteiger partial charge in [0.1, 0.15) is 5.78 Å². The van der Waals surface area contributed by atoms with Crippen molar-refractivity contribution in [2.75, 3.05) is 0 Å². The number of ketones is 1. The Balaban J connectivity index is 2.06. The van der Waals surface area contributed by atoms with Gasteiger partial charge in [0.2, 0.25) is 0 Å². The summed E-state index contributed by atoms with van der Waals surface area (Å²) in [6.45, 7) is 6.04. The average Bonchev–Trinajstić information content (AvgIpc) is 2.59. The molecule has 0 spiro atoms. The van der Waals surface area contributed by atoms with Crippen molar-refractivity contribution < 1.29 is 14.6 Å². The van der Waals surface area contributed by atoms with E-state index in [0.717, 1.165) is 11.1 Å². The van der Waals surface area contributed by atoms with Gasteiger partial charge in [0.15, 0.2) is 0 Å². The van der Waals surface area contributed by atoms with Gasteiger partial charge in [-0.1, -0.05) is 81.4 Å². The molecular formula is C22H28O3. The van der Waals surface area contributed by atoms with Gasteiger partial charge < -0.3 is 9.84 Å². The van der Waals surface area contributed by atoms with E-state index < -0.39 is 17.6 Å². The molecule has 3 nitrogen and oxygen atoms in total. The van der Waals surface area contributed by atoms with Crippen molar-refractivity contribution in [2.24, 2.45) is 5.41 Å². The smallest absolute Gasteiger partial charge is 0.140 e. The summed E-state index contributed by atoms with van der Waals surface area (Å²) in [7, 11) is 0. The molecule has 2 aromatic carbocycles. The topological polar surface area (TPSA) is 46.5 Å². The Morgan fingerprint density at radius 3 is 2.00 bits per heavy atom. The van der Waals surface area contributed by atoms with Crippen LogP contribution in [-0.2, 0) is 22.6 Å². The van der Waals surface area contributed by atoms with E-state index in [1.165, 1.54) is 0 Å². The van der Waals surface area contributed by atoms with Crippen LogP contribution < -0.4 is 0 Å². The fourth-order valence-electron chi connectivity index (χ4n) is 2.56. The molecular weight excluding hydrogens is 312 g/mol. The molecule has 2 aromatic rings. The molecule has 0 fully saturated rings. The highest BCUT2D eigenvalue weighted by atomic mass is 16.5. The fraction of sp³-hybridized carbons (Fsp3) is 0.409. The molecule has 2 atom stereocenters. The van der Waals surface area contributed by atoms with Gasteiger partial charge in [-0.2, -0.15) is 0 Å². The van der Waals surface area contributed by atoms with Gasteiger partial charge in [0.05, 0.1) is 18.8 Å². The Morgan fingerprint density at radius 2 is 1.48 bits per heavy atom. The summed E-state index contributed by atoms with van der Waals surface area (Å²) in [5.41, 5.74) is 1.68. The number of aliphatic hydroxyl groups is 1. The molecule has 0 bridgehead atoms. The van der Waals surface area contributed by atoms with Gasteiger partial charge in [-0.3, -0.25) is 4.79 Å². The second-order valence-electron chi connectivity index (χ2n) is 7.47. The minimum absolute atomic E-state index is 0.0429. The van der Waals surface area contributed by atoms with E-state index in [1.807, 2.05) is 81.4 Å². The molecule has 0 aliphatic rings. The minimum atomic E-state index is -0.823. The Labute approximate surface area is 150 Å². The molecule has 0 aliphatic carbocycles. The molecule has 0 aromatic heterocycles. The van der Waals surface area contributed by atoms with Crippen LogP contribution in [0.5, 0.6) is 0 Å². The van der Waals surface area contributed by atoms with Crippen LogP contribution in [0.25, 0.3) is 0 Å². The Bertz CT molecular complexity index is 644. The summed E-state index contributed by atoms with van der Waals surface area (Å²) in [5.74, 6) is 0.0429. The number of carbonyl (C=O) groups is 1. The second-order valence-corrected chi connectivity index (χ2v) is 7.47. The maximum atomic E-state index is 12.3. The first kappa shape index (κ1) is 19.4. The van der Waals surface area contributed by atoms with E-state index in [-0.39, 0.29) is 12.2 Å². The first-order valence-electron chi connectivity index (χ1n) is 8.77. The molecule has 3 heteroatoms. The zero-order chi connectivity index (χ0) is 18.3. The van der Waals surface area contributed by atoms with Gasteiger partial charge in [-0.15, -0.1) is 0 Å². The SMILES string of the molecule is CC(C)(C)C(=O)C[C@H](O)[C@@H](Cc1ccccc1)OCc1ccccc1. The van der Waals surface area contributed by atoms with Crippen molar-refractivity contribution in [1.82, 2.24) is 0 Å². The monoisotopic (exact) mass is 340 g/mol. The quantitative estimate of drug-likeness (QED) is 0.784. The van der Waals surface area contributed by atoms with Crippen molar-refractivity contribution in [3.63, 3.8) is 0 Å². The first-order valence-corrected chi connectivity index (χ1v) is 8.77. The van der Waals surface area contributed by atoms with E-state index in [1.54, 1.807) is 0 Å². The number of hydrogen-bond acceptors (Lipinski definition) is 3. The maximum absolute atomic E-state index is 12.3. The zero-order valence-electron chi connectivity index (χ0n) is 15.3. The molecule has 25 heavy (non-hydrogen) atoms. The van der Waals surface area contributed by atoms with Crippen LogP contribution in [0.2, 0.25) is 0 Å². The van der Waals surface area contributed by atoms with E-state index in [9.17, 15) is 9.90 Å². The van der Waals surface area contributed by atoms with Crippen LogP contribution >= 0.6 is 0 Å². The second kappa shape index (κ2) is 8.93. The van der Waals surface area contributed by atoms with Crippen LogP contribution in [-0.4, -0.2) is 23.1 Å². The van der Waals surface area contributed by atoms with E-state index in [4.69, 9.17) is 4.74 Å². The molecule has 2 rings (SSSR count). The normalized spacial score (nSPS) is 14.1. The Morgan fingerprint density at radius 1 is 0.960 bits per heavy atom.